The first kappa shape index (κ1) is 14.6. The van der Waals surface area contributed by atoms with Crippen LogP contribution in [-0.2, 0) is 14.3 Å². The highest BCUT2D eigenvalue weighted by molar-refractivity contribution is 5.80. The van der Waals surface area contributed by atoms with Gasteiger partial charge in [-0.3, -0.25) is 9.59 Å². The molecule has 0 spiro atoms. The van der Waals surface area contributed by atoms with Crippen LogP contribution in [0.2, 0.25) is 0 Å². The summed E-state index contributed by atoms with van der Waals surface area (Å²) in [5.41, 5.74) is 0.462. The highest BCUT2D eigenvalue weighted by atomic mass is 16.6. The molecule has 1 fully saturated rings. The normalized spacial score (nSPS) is 25.1. The first-order valence-electron chi connectivity index (χ1n) is 6.79. The van der Waals surface area contributed by atoms with Gasteiger partial charge in [0.05, 0.1) is 5.92 Å². The number of carboxylic acid groups (broad SMARTS) is 1. The van der Waals surface area contributed by atoms with Crippen molar-refractivity contribution in [3.05, 3.63) is 35.9 Å². The summed E-state index contributed by atoms with van der Waals surface area (Å²) in [7, 11) is 0. The molecule has 4 nitrogen and oxygen atoms in total. The van der Waals surface area contributed by atoms with Crippen LogP contribution >= 0.6 is 0 Å². The molecule has 108 valence electrons. The summed E-state index contributed by atoms with van der Waals surface area (Å²) in [6, 6.07) is 9.57. The summed E-state index contributed by atoms with van der Waals surface area (Å²) in [5.74, 6) is -1.71. The largest absolute Gasteiger partial charge is 0.481 e. The number of carboxylic acids is 1. The molecule has 1 aliphatic rings. The molecule has 1 saturated carbocycles. The van der Waals surface area contributed by atoms with E-state index >= 15 is 0 Å². The zero-order valence-corrected chi connectivity index (χ0v) is 12.0. The van der Waals surface area contributed by atoms with Crippen molar-refractivity contribution in [2.75, 3.05) is 0 Å². The first-order valence-corrected chi connectivity index (χ1v) is 6.79. The molecule has 20 heavy (non-hydrogen) atoms. The number of hydrogen-bond donors (Lipinski definition) is 1. The molecular formula is C16H20O4. The molecule has 3 atom stereocenters. The van der Waals surface area contributed by atoms with Crippen LogP contribution in [0.1, 0.15) is 38.7 Å². The van der Waals surface area contributed by atoms with Gasteiger partial charge in [0.15, 0.2) is 0 Å². The van der Waals surface area contributed by atoms with Crippen molar-refractivity contribution in [1.82, 2.24) is 0 Å². The molecule has 2 rings (SSSR count). The molecule has 0 aromatic heterocycles. The SMILES string of the molecule is CC(C)(C)OC(=O)[C@H]1[C@@H](CC(=O)O)[C@@H]1c1ccccc1. The van der Waals surface area contributed by atoms with E-state index in [2.05, 4.69) is 0 Å². The van der Waals surface area contributed by atoms with Crippen LogP contribution in [0.3, 0.4) is 0 Å². The minimum atomic E-state index is -0.873. The highest BCUT2D eigenvalue weighted by Gasteiger charge is 2.57. The van der Waals surface area contributed by atoms with Gasteiger partial charge in [-0.25, -0.2) is 0 Å². The Morgan fingerprint density at radius 3 is 2.30 bits per heavy atom. The van der Waals surface area contributed by atoms with Crippen molar-refractivity contribution in [3.63, 3.8) is 0 Å². The number of carbonyl (C=O) groups excluding carboxylic acids is 1. The van der Waals surface area contributed by atoms with Gasteiger partial charge in [0.1, 0.15) is 5.60 Å². The number of hydrogen-bond acceptors (Lipinski definition) is 3. The molecule has 0 bridgehead atoms. The Bertz CT molecular complexity index is 501. The minimum Gasteiger partial charge on any atom is -0.481 e. The number of carbonyl (C=O) groups is 2. The van der Waals surface area contributed by atoms with Gasteiger partial charge in [0.2, 0.25) is 0 Å². The quantitative estimate of drug-likeness (QED) is 0.859. The van der Waals surface area contributed by atoms with E-state index in [1.807, 2.05) is 51.1 Å². The average molecular weight is 276 g/mol. The maximum absolute atomic E-state index is 12.2. The second-order valence-corrected chi connectivity index (χ2v) is 6.26. The summed E-state index contributed by atoms with van der Waals surface area (Å²) in [6.45, 7) is 5.45. The van der Waals surface area contributed by atoms with E-state index in [1.165, 1.54) is 0 Å². The van der Waals surface area contributed by atoms with Crippen molar-refractivity contribution in [2.24, 2.45) is 11.8 Å². The lowest BCUT2D eigenvalue weighted by Crippen LogP contribution is -2.25. The van der Waals surface area contributed by atoms with E-state index in [-0.39, 0.29) is 30.1 Å². The number of rotatable bonds is 4. The number of benzene rings is 1. The number of esters is 1. The second-order valence-electron chi connectivity index (χ2n) is 6.26. The molecule has 4 heteroatoms. The van der Waals surface area contributed by atoms with E-state index in [4.69, 9.17) is 9.84 Å². The summed E-state index contributed by atoms with van der Waals surface area (Å²) in [5, 5.41) is 8.97. The molecule has 0 radical (unpaired) electrons. The Morgan fingerprint density at radius 2 is 1.80 bits per heavy atom. The number of ether oxygens (including phenoxy) is 1. The summed E-state index contributed by atoms with van der Waals surface area (Å²) >= 11 is 0. The molecule has 0 amide bonds. The van der Waals surface area contributed by atoms with Crippen LogP contribution in [0.25, 0.3) is 0 Å². The Morgan fingerprint density at radius 1 is 1.20 bits per heavy atom. The van der Waals surface area contributed by atoms with Crippen molar-refractivity contribution in [1.29, 1.82) is 0 Å². The van der Waals surface area contributed by atoms with Gasteiger partial charge in [-0.1, -0.05) is 30.3 Å². The predicted molar refractivity (Wildman–Crippen MR) is 74.3 cm³/mol. The van der Waals surface area contributed by atoms with E-state index in [9.17, 15) is 9.59 Å². The standard InChI is InChI=1S/C16H20O4/c1-16(2,3)20-15(19)14-11(9-12(17)18)13(14)10-7-5-4-6-8-10/h4-8,11,13-14H,9H2,1-3H3,(H,17,18)/t11-,13-,14-/m0/s1. The van der Waals surface area contributed by atoms with Crippen molar-refractivity contribution < 1.29 is 19.4 Å². The van der Waals surface area contributed by atoms with Gasteiger partial charge in [-0.15, -0.1) is 0 Å². The number of aliphatic carboxylic acids is 1. The lowest BCUT2D eigenvalue weighted by Gasteiger charge is -2.19. The Hall–Kier alpha value is -1.84. The van der Waals surface area contributed by atoms with Crippen LogP contribution in [0.15, 0.2) is 30.3 Å². The monoisotopic (exact) mass is 276 g/mol. The lowest BCUT2D eigenvalue weighted by molar-refractivity contribution is -0.157. The van der Waals surface area contributed by atoms with Gasteiger partial charge in [0.25, 0.3) is 0 Å². The van der Waals surface area contributed by atoms with Crippen molar-refractivity contribution in [3.8, 4) is 0 Å². The summed E-state index contributed by atoms with van der Waals surface area (Å²) in [4.78, 5) is 23.1. The van der Waals surface area contributed by atoms with E-state index < -0.39 is 11.6 Å². The fourth-order valence-electron chi connectivity index (χ4n) is 2.65. The zero-order valence-electron chi connectivity index (χ0n) is 12.0. The summed E-state index contributed by atoms with van der Waals surface area (Å²) < 4.78 is 5.39. The molecule has 1 aliphatic carbocycles. The van der Waals surface area contributed by atoms with Crippen LogP contribution < -0.4 is 0 Å². The summed E-state index contributed by atoms with van der Waals surface area (Å²) in [6.07, 6.45) is 0.00344. The molecular weight excluding hydrogens is 256 g/mol. The maximum atomic E-state index is 12.2. The van der Waals surface area contributed by atoms with E-state index in [0.29, 0.717) is 0 Å². The third-order valence-electron chi connectivity index (χ3n) is 3.44. The molecule has 1 aromatic rings. The highest BCUT2D eigenvalue weighted by Crippen LogP contribution is 2.56. The maximum Gasteiger partial charge on any atom is 0.310 e. The van der Waals surface area contributed by atoms with Crippen LogP contribution in [0.4, 0.5) is 0 Å². The van der Waals surface area contributed by atoms with Crippen molar-refractivity contribution >= 4 is 11.9 Å². The third-order valence-corrected chi connectivity index (χ3v) is 3.44. The topological polar surface area (TPSA) is 63.6 Å². The Labute approximate surface area is 118 Å². The fourth-order valence-corrected chi connectivity index (χ4v) is 2.65. The van der Waals surface area contributed by atoms with E-state index in [1.54, 1.807) is 0 Å². The Balaban J connectivity index is 2.14. The minimum absolute atomic E-state index is 0.00344. The van der Waals surface area contributed by atoms with Gasteiger partial charge in [0, 0.05) is 12.3 Å². The van der Waals surface area contributed by atoms with Crippen LogP contribution in [0, 0.1) is 11.8 Å². The molecule has 0 saturated heterocycles. The molecule has 0 heterocycles. The molecule has 0 aliphatic heterocycles. The molecule has 1 N–H and O–H groups in total. The fraction of sp³-hybridized carbons (Fsp3) is 0.500. The van der Waals surface area contributed by atoms with Gasteiger partial charge in [-0.2, -0.15) is 0 Å². The Kier molecular flexibility index (Phi) is 3.84. The van der Waals surface area contributed by atoms with Gasteiger partial charge in [-0.05, 0) is 32.3 Å². The van der Waals surface area contributed by atoms with Gasteiger partial charge >= 0.3 is 11.9 Å². The smallest absolute Gasteiger partial charge is 0.310 e. The van der Waals surface area contributed by atoms with Crippen LogP contribution in [-0.4, -0.2) is 22.6 Å². The van der Waals surface area contributed by atoms with Crippen molar-refractivity contribution in [2.45, 2.75) is 38.7 Å². The lowest BCUT2D eigenvalue weighted by atomic mass is 10.1. The predicted octanol–water partition coefficient (Wildman–Crippen LogP) is 2.83. The molecule has 0 unspecified atom stereocenters. The van der Waals surface area contributed by atoms with E-state index in [0.717, 1.165) is 5.56 Å². The second kappa shape index (κ2) is 5.27. The van der Waals surface area contributed by atoms with Gasteiger partial charge < -0.3 is 9.84 Å². The van der Waals surface area contributed by atoms with Crippen LogP contribution in [0.5, 0.6) is 0 Å². The third kappa shape index (κ3) is 3.38. The molecule has 1 aromatic carbocycles. The average Bonchev–Trinajstić information content (AvgIpc) is 3.01. The zero-order chi connectivity index (χ0) is 14.9. The first-order chi connectivity index (χ1) is 9.29.